The Kier molecular flexibility index (Phi) is 2.67. The zero-order valence-electron chi connectivity index (χ0n) is 10.2. The van der Waals surface area contributed by atoms with Crippen molar-refractivity contribution in [2.24, 2.45) is 0 Å². The first-order chi connectivity index (χ1) is 8.14. The van der Waals surface area contributed by atoms with E-state index in [1.165, 1.54) is 6.42 Å². The van der Waals surface area contributed by atoms with Crippen molar-refractivity contribution < 1.29 is 14.6 Å². The normalized spacial score (nSPS) is 33.8. The van der Waals surface area contributed by atoms with Crippen LogP contribution in [0, 0.1) is 0 Å². The Morgan fingerprint density at radius 1 is 1.24 bits per heavy atom. The molecular formula is C13H21NO3. The average Bonchev–Trinajstić information content (AvgIpc) is 2.21. The summed E-state index contributed by atoms with van der Waals surface area (Å²) in [6.45, 7) is 0.785. The maximum Gasteiger partial charge on any atom is 0.323 e. The Morgan fingerprint density at radius 2 is 1.94 bits per heavy atom. The molecule has 1 heterocycles. The molecule has 0 aromatic carbocycles. The van der Waals surface area contributed by atoms with Gasteiger partial charge in [0, 0.05) is 12.6 Å². The zero-order valence-corrected chi connectivity index (χ0v) is 10.2. The average molecular weight is 239 g/mol. The molecule has 3 rings (SSSR count). The fourth-order valence-corrected chi connectivity index (χ4v) is 3.41. The van der Waals surface area contributed by atoms with Gasteiger partial charge in [-0.1, -0.05) is 0 Å². The lowest BCUT2D eigenvalue weighted by atomic mass is 9.71. The smallest absolute Gasteiger partial charge is 0.323 e. The van der Waals surface area contributed by atoms with Crippen molar-refractivity contribution in [3.05, 3.63) is 0 Å². The van der Waals surface area contributed by atoms with Crippen molar-refractivity contribution in [3.63, 3.8) is 0 Å². The summed E-state index contributed by atoms with van der Waals surface area (Å²) in [6.07, 6.45) is 8.14. The van der Waals surface area contributed by atoms with E-state index >= 15 is 0 Å². The highest BCUT2D eigenvalue weighted by Crippen LogP contribution is 2.43. The van der Waals surface area contributed by atoms with Crippen molar-refractivity contribution in [1.82, 2.24) is 5.32 Å². The van der Waals surface area contributed by atoms with Crippen LogP contribution in [0.15, 0.2) is 0 Å². The summed E-state index contributed by atoms with van der Waals surface area (Å²) in [6, 6.07) is 0.334. The molecule has 0 radical (unpaired) electrons. The van der Waals surface area contributed by atoms with Crippen LogP contribution in [0.5, 0.6) is 0 Å². The van der Waals surface area contributed by atoms with Gasteiger partial charge >= 0.3 is 5.97 Å². The number of carboxylic acids is 1. The quantitative estimate of drug-likeness (QED) is 0.786. The molecule has 3 aliphatic rings. The number of carbonyl (C=O) groups is 1. The summed E-state index contributed by atoms with van der Waals surface area (Å²) >= 11 is 0. The highest BCUT2D eigenvalue weighted by Gasteiger charge is 2.49. The molecule has 0 aromatic rings. The van der Waals surface area contributed by atoms with Gasteiger partial charge in [0.15, 0.2) is 0 Å². The molecule has 2 aliphatic carbocycles. The van der Waals surface area contributed by atoms with E-state index in [1.54, 1.807) is 0 Å². The van der Waals surface area contributed by atoms with Gasteiger partial charge in [0.25, 0.3) is 0 Å². The molecule has 1 saturated heterocycles. The standard InChI is InChI=1S/C13H21NO3/c15-11(16)13(6-2-7-13)14-10-3-8-17-12(9-10)4-1-5-12/h10,14H,1-9H2,(H,15,16). The Bertz CT molecular complexity index is 321. The largest absolute Gasteiger partial charge is 0.480 e. The highest BCUT2D eigenvalue weighted by molar-refractivity contribution is 5.80. The minimum Gasteiger partial charge on any atom is -0.480 e. The van der Waals surface area contributed by atoms with E-state index in [4.69, 9.17) is 4.74 Å². The van der Waals surface area contributed by atoms with Crippen LogP contribution in [0.25, 0.3) is 0 Å². The number of hydrogen-bond donors (Lipinski definition) is 2. The number of ether oxygens (including phenoxy) is 1. The molecular weight excluding hydrogens is 218 g/mol. The lowest BCUT2D eigenvalue weighted by Gasteiger charge is -2.50. The van der Waals surface area contributed by atoms with Crippen molar-refractivity contribution in [2.45, 2.75) is 68.5 Å². The SMILES string of the molecule is O=C(O)C1(NC2CCOC3(CCC3)C2)CCC1. The van der Waals surface area contributed by atoms with Crippen LogP contribution in [0.3, 0.4) is 0 Å². The van der Waals surface area contributed by atoms with E-state index in [-0.39, 0.29) is 5.60 Å². The first-order valence-electron chi connectivity index (χ1n) is 6.79. The predicted molar refractivity (Wildman–Crippen MR) is 62.9 cm³/mol. The highest BCUT2D eigenvalue weighted by atomic mass is 16.5. The van der Waals surface area contributed by atoms with Crippen LogP contribution >= 0.6 is 0 Å². The first kappa shape index (κ1) is 11.5. The number of rotatable bonds is 3. The van der Waals surface area contributed by atoms with Gasteiger partial charge < -0.3 is 9.84 Å². The monoisotopic (exact) mass is 239 g/mol. The van der Waals surface area contributed by atoms with Crippen molar-refractivity contribution in [3.8, 4) is 0 Å². The summed E-state index contributed by atoms with van der Waals surface area (Å²) in [5.74, 6) is -0.669. The molecule has 1 aliphatic heterocycles. The second kappa shape index (κ2) is 3.95. The maximum absolute atomic E-state index is 11.3. The molecule has 96 valence electrons. The second-order valence-electron chi connectivity index (χ2n) is 5.96. The first-order valence-corrected chi connectivity index (χ1v) is 6.79. The van der Waals surface area contributed by atoms with Gasteiger partial charge in [-0.05, 0) is 51.4 Å². The third-order valence-electron chi connectivity index (χ3n) is 4.85. The topological polar surface area (TPSA) is 58.6 Å². The minimum absolute atomic E-state index is 0.0966. The maximum atomic E-state index is 11.3. The zero-order chi connectivity index (χ0) is 11.9. The van der Waals surface area contributed by atoms with Crippen LogP contribution in [0.1, 0.15) is 51.4 Å². The Balaban J connectivity index is 1.62. The van der Waals surface area contributed by atoms with Crippen LogP contribution < -0.4 is 5.32 Å². The van der Waals surface area contributed by atoms with Crippen LogP contribution in [0.4, 0.5) is 0 Å². The summed E-state index contributed by atoms with van der Waals surface area (Å²) < 4.78 is 5.87. The molecule has 1 unspecified atom stereocenters. The van der Waals surface area contributed by atoms with Gasteiger partial charge in [0.2, 0.25) is 0 Å². The van der Waals surface area contributed by atoms with E-state index in [2.05, 4.69) is 5.32 Å². The fraction of sp³-hybridized carbons (Fsp3) is 0.923. The second-order valence-corrected chi connectivity index (χ2v) is 5.96. The number of carboxylic acid groups (broad SMARTS) is 1. The molecule has 17 heavy (non-hydrogen) atoms. The lowest BCUT2D eigenvalue weighted by molar-refractivity contribution is -0.156. The van der Waals surface area contributed by atoms with Crippen LogP contribution in [0.2, 0.25) is 0 Å². The van der Waals surface area contributed by atoms with E-state index in [0.717, 1.165) is 51.6 Å². The van der Waals surface area contributed by atoms with Crippen molar-refractivity contribution in [1.29, 1.82) is 0 Å². The van der Waals surface area contributed by atoms with Gasteiger partial charge in [-0.2, -0.15) is 0 Å². The summed E-state index contributed by atoms with van der Waals surface area (Å²) in [4.78, 5) is 11.3. The molecule has 0 amide bonds. The van der Waals surface area contributed by atoms with Gasteiger partial charge in [-0.3, -0.25) is 10.1 Å². The number of aliphatic carboxylic acids is 1. The lowest BCUT2D eigenvalue weighted by Crippen LogP contribution is -2.63. The van der Waals surface area contributed by atoms with Crippen LogP contribution in [-0.2, 0) is 9.53 Å². The van der Waals surface area contributed by atoms with Crippen LogP contribution in [-0.4, -0.2) is 34.9 Å². The van der Waals surface area contributed by atoms with E-state index in [1.807, 2.05) is 0 Å². The van der Waals surface area contributed by atoms with E-state index in [9.17, 15) is 9.90 Å². The Labute approximate surface area is 102 Å². The Hall–Kier alpha value is -0.610. The van der Waals surface area contributed by atoms with Crippen molar-refractivity contribution >= 4 is 5.97 Å². The minimum atomic E-state index is -0.669. The third kappa shape index (κ3) is 1.87. The number of nitrogens with one attached hydrogen (secondary N) is 1. The molecule has 4 nitrogen and oxygen atoms in total. The Morgan fingerprint density at radius 3 is 2.41 bits per heavy atom. The molecule has 2 saturated carbocycles. The molecule has 2 N–H and O–H groups in total. The van der Waals surface area contributed by atoms with Gasteiger partial charge in [0.05, 0.1) is 5.60 Å². The van der Waals surface area contributed by atoms with Gasteiger partial charge in [0.1, 0.15) is 5.54 Å². The van der Waals surface area contributed by atoms with Gasteiger partial charge in [-0.15, -0.1) is 0 Å². The van der Waals surface area contributed by atoms with Gasteiger partial charge in [-0.25, -0.2) is 0 Å². The third-order valence-corrected chi connectivity index (χ3v) is 4.85. The fourth-order valence-electron chi connectivity index (χ4n) is 3.41. The van der Waals surface area contributed by atoms with Crippen molar-refractivity contribution in [2.75, 3.05) is 6.61 Å². The molecule has 1 spiro atoms. The molecule has 4 heteroatoms. The predicted octanol–water partition coefficient (Wildman–Crippen LogP) is 1.68. The van der Waals surface area contributed by atoms with E-state index < -0.39 is 11.5 Å². The molecule has 0 aromatic heterocycles. The molecule has 3 fully saturated rings. The summed E-state index contributed by atoms with van der Waals surface area (Å²) in [7, 11) is 0. The van der Waals surface area contributed by atoms with E-state index in [0.29, 0.717) is 6.04 Å². The number of hydrogen-bond acceptors (Lipinski definition) is 3. The summed E-state index contributed by atoms with van der Waals surface area (Å²) in [5, 5.41) is 12.7. The molecule has 1 atom stereocenters. The summed E-state index contributed by atoms with van der Waals surface area (Å²) in [5.41, 5.74) is -0.522. The molecule has 0 bridgehead atoms.